The molecule has 0 aromatic carbocycles. The molecule has 2 aliphatic rings. The van der Waals surface area contributed by atoms with Crippen molar-refractivity contribution in [1.82, 2.24) is 0 Å². The summed E-state index contributed by atoms with van der Waals surface area (Å²) in [6, 6.07) is 0. The highest BCUT2D eigenvalue weighted by molar-refractivity contribution is 5.85. The second-order valence-electron chi connectivity index (χ2n) is 6.80. The van der Waals surface area contributed by atoms with E-state index in [0.717, 1.165) is 12.3 Å². The van der Waals surface area contributed by atoms with Gasteiger partial charge in [-0.25, -0.2) is 0 Å². The molecule has 2 rings (SSSR count). The van der Waals surface area contributed by atoms with Crippen LogP contribution in [0.1, 0.15) is 66.2 Å². The Labute approximate surface area is 100.0 Å². The van der Waals surface area contributed by atoms with Gasteiger partial charge in [0.2, 0.25) is 0 Å². The molecule has 3 unspecified atom stereocenters. The van der Waals surface area contributed by atoms with Crippen LogP contribution in [-0.4, -0.2) is 5.78 Å². The summed E-state index contributed by atoms with van der Waals surface area (Å²) >= 11 is 0. The topological polar surface area (TPSA) is 17.1 Å². The first-order valence-corrected chi connectivity index (χ1v) is 6.93. The molecule has 0 radical (unpaired) electrons. The Morgan fingerprint density at radius 3 is 2.44 bits per heavy atom. The number of ketones is 1. The molecule has 0 spiro atoms. The third-order valence-electron chi connectivity index (χ3n) is 5.62. The predicted molar refractivity (Wildman–Crippen MR) is 67.3 cm³/mol. The summed E-state index contributed by atoms with van der Waals surface area (Å²) in [5.74, 6) is 1.88. The Bertz CT molecular complexity index is 292. The fourth-order valence-corrected chi connectivity index (χ4v) is 4.65. The van der Waals surface area contributed by atoms with E-state index in [9.17, 15) is 4.79 Å². The van der Waals surface area contributed by atoms with Crippen LogP contribution in [0.25, 0.3) is 0 Å². The molecule has 2 aliphatic carbocycles. The molecule has 2 fully saturated rings. The third kappa shape index (κ3) is 1.47. The molecule has 16 heavy (non-hydrogen) atoms. The van der Waals surface area contributed by atoms with Crippen molar-refractivity contribution in [3.05, 3.63) is 0 Å². The van der Waals surface area contributed by atoms with Crippen molar-refractivity contribution in [2.45, 2.75) is 66.2 Å². The molecule has 0 N–H and O–H groups in total. The lowest BCUT2D eigenvalue weighted by Crippen LogP contribution is -2.61. The number of fused-ring (bicyclic) bond motifs is 1. The average Bonchev–Trinajstić information content (AvgIpc) is 2.16. The third-order valence-corrected chi connectivity index (χ3v) is 5.62. The summed E-state index contributed by atoms with van der Waals surface area (Å²) in [4.78, 5) is 12.2. The normalized spacial score (nSPS) is 42.5. The van der Waals surface area contributed by atoms with E-state index < -0.39 is 0 Å². The molecule has 0 amide bonds. The summed E-state index contributed by atoms with van der Waals surface area (Å²) < 4.78 is 0. The first kappa shape index (κ1) is 12.1. The summed E-state index contributed by atoms with van der Waals surface area (Å²) in [6.45, 7) is 8.81. The van der Waals surface area contributed by atoms with Crippen molar-refractivity contribution >= 4 is 5.78 Å². The van der Waals surface area contributed by atoms with E-state index in [0.29, 0.717) is 11.7 Å². The monoisotopic (exact) mass is 222 g/mol. The largest absolute Gasteiger partial charge is 0.299 e. The first-order valence-electron chi connectivity index (χ1n) is 6.93. The molecule has 0 aliphatic heterocycles. The van der Waals surface area contributed by atoms with Gasteiger partial charge in [-0.05, 0) is 37.0 Å². The van der Waals surface area contributed by atoms with Gasteiger partial charge in [-0.2, -0.15) is 0 Å². The first-order chi connectivity index (χ1) is 7.42. The molecule has 0 bridgehead atoms. The number of carbonyl (C=O) groups excluding carboxylic acids is 1. The van der Waals surface area contributed by atoms with Crippen LogP contribution < -0.4 is 0 Å². The Hall–Kier alpha value is -0.330. The van der Waals surface area contributed by atoms with Gasteiger partial charge in [0.25, 0.3) is 0 Å². The lowest BCUT2D eigenvalue weighted by Gasteiger charge is -2.63. The number of hydrogen-bond acceptors (Lipinski definition) is 1. The Kier molecular flexibility index (Phi) is 2.92. The smallest absolute Gasteiger partial charge is 0.136 e. The minimum atomic E-state index is 0.0207. The van der Waals surface area contributed by atoms with Gasteiger partial charge in [0.1, 0.15) is 5.78 Å². The van der Waals surface area contributed by atoms with Gasteiger partial charge in [-0.3, -0.25) is 4.79 Å². The second-order valence-corrected chi connectivity index (χ2v) is 6.80. The lowest BCUT2D eigenvalue weighted by molar-refractivity contribution is -0.177. The van der Waals surface area contributed by atoms with Gasteiger partial charge >= 0.3 is 0 Å². The van der Waals surface area contributed by atoms with Crippen LogP contribution in [0.15, 0.2) is 0 Å². The number of hydrogen-bond donors (Lipinski definition) is 0. The van der Waals surface area contributed by atoms with Crippen molar-refractivity contribution in [3.63, 3.8) is 0 Å². The van der Waals surface area contributed by atoms with E-state index in [1.165, 1.54) is 32.1 Å². The molecule has 0 aromatic heterocycles. The van der Waals surface area contributed by atoms with Gasteiger partial charge in [0, 0.05) is 5.41 Å². The predicted octanol–water partition coefficient (Wildman–Crippen LogP) is 4.21. The van der Waals surface area contributed by atoms with Crippen LogP contribution in [0.4, 0.5) is 0 Å². The minimum absolute atomic E-state index is 0.0207. The minimum Gasteiger partial charge on any atom is -0.299 e. The van der Waals surface area contributed by atoms with Crippen LogP contribution in [0.3, 0.4) is 0 Å². The average molecular weight is 222 g/mol. The Morgan fingerprint density at radius 1 is 1.19 bits per heavy atom. The zero-order chi connectivity index (χ0) is 12.0. The maximum absolute atomic E-state index is 12.2. The quantitative estimate of drug-likeness (QED) is 0.649. The van der Waals surface area contributed by atoms with E-state index in [-0.39, 0.29) is 10.8 Å². The molecule has 0 saturated heterocycles. The van der Waals surface area contributed by atoms with E-state index in [2.05, 4.69) is 20.8 Å². The standard InChI is InChI=1S/C15H26O/c1-11-8-6-5-7-9-15(12(2)16)13(11)10-14(15,3)4/h11,13H,5-10H2,1-4H3. The van der Waals surface area contributed by atoms with Crippen molar-refractivity contribution in [3.8, 4) is 0 Å². The SMILES string of the molecule is CC(=O)C12CCCCCC(C)C1CC2(C)C. The van der Waals surface area contributed by atoms with Gasteiger partial charge in [-0.15, -0.1) is 0 Å². The number of rotatable bonds is 1. The van der Waals surface area contributed by atoms with Gasteiger partial charge in [-0.1, -0.05) is 46.5 Å². The maximum atomic E-state index is 12.2. The zero-order valence-electron chi connectivity index (χ0n) is 11.3. The lowest BCUT2D eigenvalue weighted by atomic mass is 9.39. The fourth-order valence-electron chi connectivity index (χ4n) is 4.65. The second kappa shape index (κ2) is 3.85. The maximum Gasteiger partial charge on any atom is 0.136 e. The molecule has 3 atom stereocenters. The van der Waals surface area contributed by atoms with Crippen LogP contribution in [0.2, 0.25) is 0 Å². The molecule has 2 saturated carbocycles. The molecule has 0 aromatic rings. The highest BCUT2D eigenvalue weighted by Crippen LogP contribution is 2.66. The van der Waals surface area contributed by atoms with Crippen molar-refractivity contribution < 1.29 is 4.79 Å². The Morgan fingerprint density at radius 2 is 1.88 bits per heavy atom. The van der Waals surface area contributed by atoms with E-state index >= 15 is 0 Å². The number of Topliss-reactive ketones (excluding diaryl/α,β-unsaturated/α-hetero) is 1. The van der Waals surface area contributed by atoms with Gasteiger partial charge < -0.3 is 0 Å². The van der Waals surface area contributed by atoms with Crippen molar-refractivity contribution in [2.24, 2.45) is 22.7 Å². The zero-order valence-corrected chi connectivity index (χ0v) is 11.3. The molecule has 92 valence electrons. The van der Waals surface area contributed by atoms with Crippen molar-refractivity contribution in [1.29, 1.82) is 0 Å². The van der Waals surface area contributed by atoms with E-state index in [1.807, 2.05) is 6.92 Å². The van der Waals surface area contributed by atoms with Crippen molar-refractivity contribution in [2.75, 3.05) is 0 Å². The molecule has 0 heterocycles. The van der Waals surface area contributed by atoms with Crippen LogP contribution in [-0.2, 0) is 4.79 Å². The fraction of sp³-hybridized carbons (Fsp3) is 0.933. The summed E-state index contributed by atoms with van der Waals surface area (Å²) in [7, 11) is 0. The summed E-state index contributed by atoms with van der Waals surface area (Å²) in [5.41, 5.74) is 0.266. The number of carbonyl (C=O) groups is 1. The van der Waals surface area contributed by atoms with Crippen LogP contribution in [0.5, 0.6) is 0 Å². The van der Waals surface area contributed by atoms with E-state index in [1.54, 1.807) is 0 Å². The molecule has 1 nitrogen and oxygen atoms in total. The van der Waals surface area contributed by atoms with Crippen LogP contribution >= 0.6 is 0 Å². The highest BCUT2D eigenvalue weighted by Gasteiger charge is 2.63. The molecular formula is C15H26O. The molecular weight excluding hydrogens is 196 g/mol. The molecule has 1 heteroatoms. The Balaban J connectivity index is 2.32. The summed E-state index contributed by atoms with van der Waals surface area (Å²) in [5, 5.41) is 0. The van der Waals surface area contributed by atoms with Gasteiger partial charge in [0.05, 0.1) is 0 Å². The van der Waals surface area contributed by atoms with Crippen LogP contribution in [0, 0.1) is 22.7 Å². The van der Waals surface area contributed by atoms with Gasteiger partial charge in [0.15, 0.2) is 0 Å². The van der Waals surface area contributed by atoms with E-state index in [4.69, 9.17) is 0 Å². The highest BCUT2D eigenvalue weighted by atomic mass is 16.1. The summed E-state index contributed by atoms with van der Waals surface area (Å²) in [6.07, 6.45) is 7.67.